The Morgan fingerprint density at radius 1 is 1.36 bits per heavy atom. The Kier molecular flexibility index (Phi) is 4.43. The largest absolute Gasteiger partial charge is 0.417 e. The van der Waals surface area contributed by atoms with Gasteiger partial charge in [-0.15, -0.1) is 0 Å². The van der Waals surface area contributed by atoms with E-state index in [4.69, 9.17) is 5.26 Å². The Labute approximate surface area is 142 Å². The fraction of sp³-hybridized carbons (Fsp3) is 0.412. The maximum Gasteiger partial charge on any atom is 0.417 e. The highest BCUT2D eigenvalue weighted by Crippen LogP contribution is 2.38. The number of anilines is 1. The second-order valence-electron chi connectivity index (χ2n) is 6.24. The van der Waals surface area contributed by atoms with Crippen molar-refractivity contribution in [2.45, 2.75) is 12.1 Å². The SMILES string of the molecule is Cn1cc([C@@H]2CN(c3ccc(C#N)c(C(F)(F)F)c3)C[C@H]2CO)cn1. The van der Waals surface area contributed by atoms with Gasteiger partial charge in [0.1, 0.15) is 0 Å². The predicted octanol–water partition coefficient (Wildman–Crippen LogP) is 2.52. The molecule has 25 heavy (non-hydrogen) atoms. The first kappa shape index (κ1) is 17.3. The van der Waals surface area contributed by atoms with E-state index in [1.165, 1.54) is 12.1 Å². The molecule has 2 atom stereocenters. The number of hydrogen-bond donors (Lipinski definition) is 1. The Morgan fingerprint density at radius 2 is 2.12 bits per heavy atom. The number of benzene rings is 1. The van der Waals surface area contributed by atoms with Crippen LogP contribution in [0.15, 0.2) is 30.6 Å². The molecule has 1 N–H and O–H groups in total. The molecule has 1 aliphatic heterocycles. The van der Waals surface area contributed by atoms with Crippen LogP contribution in [0.1, 0.15) is 22.6 Å². The first-order valence-corrected chi connectivity index (χ1v) is 7.79. The van der Waals surface area contributed by atoms with E-state index in [0.29, 0.717) is 18.8 Å². The fourth-order valence-electron chi connectivity index (χ4n) is 3.34. The van der Waals surface area contributed by atoms with E-state index >= 15 is 0 Å². The maximum atomic E-state index is 13.2. The van der Waals surface area contributed by atoms with Crippen molar-refractivity contribution in [3.05, 3.63) is 47.3 Å². The van der Waals surface area contributed by atoms with Gasteiger partial charge < -0.3 is 10.0 Å². The van der Waals surface area contributed by atoms with Crippen LogP contribution >= 0.6 is 0 Å². The second kappa shape index (κ2) is 6.41. The lowest BCUT2D eigenvalue weighted by Gasteiger charge is -2.20. The summed E-state index contributed by atoms with van der Waals surface area (Å²) in [5, 5.41) is 22.7. The van der Waals surface area contributed by atoms with Crippen molar-refractivity contribution in [2.24, 2.45) is 13.0 Å². The van der Waals surface area contributed by atoms with Gasteiger partial charge >= 0.3 is 6.18 Å². The van der Waals surface area contributed by atoms with Crippen molar-refractivity contribution in [1.82, 2.24) is 9.78 Å². The normalized spacial score (nSPS) is 20.7. The van der Waals surface area contributed by atoms with Crippen LogP contribution < -0.4 is 4.90 Å². The molecule has 1 saturated heterocycles. The molecule has 5 nitrogen and oxygen atoms in total. The molecule has 132 valence electrons. The summed E-state index contributed by atoms with van der Waals surface area (Å²) >= 11 is 0. The minimum Gasteiger partial charge on any atom is -0.396 e. The smallest absolute Gasteiger partial charge is 0.396 e. The molecule has 0 aliphatic carbocycles. The summed E-state index contributed by atoms with van der Waals surface area (Å²) in [6.45, 7) is 0.873. The monoisotopic (exact) mass is 350 g/mol. The Morgan fingerprint density at radius 3 is 2.68 bits per heavy atom. The van der Waals surface area contributed by atoms with Gasteiger partial charge in [-0.2, -0.15) is 23.5 Å². The molecule has 1 aromatic heterocycles. The van der Waals surface area contributed by atoms with Crippen molar-refractivity contribution < 1.29 is 18.3 Å². The van der Waals surface area contributed by atoms with Gasteiger partial charge in [0.2, 0.25) is 0 Å². The van der Waals surface area contributed by atoms with Crippen LogP contribution in [0.5, 0.6) is 0 Å². The van der Waals surface area contributed by atoms with Gasteiger partial charge in [0.15, 0.2) is 0 Å². The van der Waals surface area contributed by atoms with Crippen molar-refractivity contribution in [3.8, 4) is 6.07 Å². The van der Waals surface area contributed by atoms with Crippen molar-refractivity contribution in [3.63, 3.8) is 0 Å². The Balaban J connectivity index is 1.91. The van der Waals surface area contributed by atoms with Crippen molar-refractivity contribution >= 4 is 5.69 Å². The zero-order valence-corrected chi connectivity index (χ0v) is 13.5. The van der Waals surface area contributed by atoms with Crippen molar-refractivity contribution in [2.75, 3.05) is 24.6 Å². The molecule has 0 bridgehead atoms. The zero-order valence-electron chi connectivity index (χ0n) is 13.5. The number of aliphatic hydroxyl groups is 1. The molecule has 0 spiro atoms. The van der Waals surface area contributed by atoms with E-state index in [0.717, 1.165) is 11.6 Å². The standard InChI is InChI=1S/C17H17F3N4O/c1-23-7-12(6-22-23)15-9-24(8-13(15)10-25)14-3-2-11(5-21)16(4-14)17(18,19)20/h2-4,6-7,13,15,25H,8-10H2,1H3/t13-,15-/m0/s1. The lowest BCUT2D eigenvalue weighted by atomic mass is 9.92. The summed E-state index contributed by atoms with van der Waals surface area (Å²) in [7, 11) is 1.79. The summed E-state index contributed by atoms with van der Waals surface area (Å²) in [6, 6.07) is 5.32. The van der Waals surface area contributed by atoms with E-state index in [1.807, 2.05) is 11.1 Å². The molecule has 2 heterocycles. The number of rotatable bonds is 3. The summed E-state index contributed by atoms with van der Waals surface area (Å²) in [4.78, 5) is 1.81. The summed E-state index contributed by atoms with van der Waals surface area (Å²) in [6.07, 6.45) is -1.01. The third-order valence-corrected chi connectivity index (χ3v) is 4.62. The van der Waals surface area contributed by atoms with E-state index in [9.17, 15) is 18.3 Å². The third kappa shape index (κ3) is 3.33. The maximum absolute atomic E-state index is 13.2. The molecule has 0 unspecified atom stereocenters. The summed E-state index contributed by atoms with van der Waals surface area (Å²) < 4.78 is 41.2. The molecule has 0 radical (unpaired) electrons. The van der Waals surface area contributed by atoms with Crippen LogP contribution in [-0.4, -0.2) is 34.6 Å². The first-order chi connectivity index (χ1) is 11.8. The van der Waals surface area contributed by atoms with E-state index in [2.05, 4.69) is 5.10 Å². The van der Waals surface area contributed by atoms with Crippen LogP contribution in [0.25, 0.3) is 0 Å². The minimum atomic E-state index is -4.58. The predicted molar refractivity (Wildman–Crippen MR) is 84.9 cm³/mol. The Bertz CT molecular complexity index is 809. The molecule has 1 fully saturated rings. The topological polar surface area (TPSA) is 65.1 Å². The minimum absolute atomic E-state index is 0.0105. The molecular weight excluding hydrogens is 333 g/mol. The van der Waals surface area contributed by atoms with Gasteiger partial charge in [0, 0.05) is 50.5 Å². The molecule has 0 saturated carbocycles. The number of aromatic nitrogens is 2. The van der Waals surface area contributed by atoms with Gasteiger partial charge in [-0.1, -0.05) is 0 Å². The lowest BCUT2D eigenvalue weighted by molar-refractivity contribution is -0.137. The molecule has 3 rings (SSSR count). The van der Waals surface area contributed by atoms with Gasteiger partial charge in [-0.25, -0.2) is 0 Å². The number of halogens is 3. The number of nitrogens with zero attached hydrogens (tertiary/aromatic N) is 4. The summed E-state index contributed by atoms with van der Waals surface area (Å²) in [5.74, 6) is -0.0992. The molecular formula is C17H17F3N4O. The van der Waals surface area contributed by atoms with Gasteiger partial charge in [-0.05, 0) is 23.8 Å². The van der Waals surface area contributed by atoms with Crippen LogP contribution in [0.4, 0.5) is 18.9 Å². The van der Waals surface area contributed by atoms with E-state index in [-0.39, 0.29) is 18.4 Å². The van der Waals surface area contributed by atoms with Crippen LogP contribution in [0.3, 0.4) is 0 Å². The van der Waals surface area contributed by atoms with Crippen LogP contribution in [0.2, 0.25) is 0 Å². The molecule has 0 amide bonds. The number of aliphatic hydroxyl groups excluding tert-OH is 1. The highest BCUT2D eigenvalue weighted by Gasteiger charge is 2.37. The summed E-state index contributed by atoms with van der Waals surface area (Å²) in [5.41, 5.74) is 0.0285. The van der Waals surface area contributed by atoms with Crippen molar-refractivity contribution in [1.29, 1.82) is 5.26 Å². The number of aryl methyl sites for hydroxylation is 1. The van der Waals surface area contributed by atoms with Crippen LogP contribution in [0, 0.1) is 17.2 Å². The highest BCUT2D eigenvalue weighted by atomic mass is 19.4. The molecule has 1 aromatic carbocycles. The zero-order chi connectivity index (χ0) is 18.2. The highest BCUT2D eigenvalue weighted by molar-refractivity contribution is 5.56. The van der Waals surface area contributed by atoms with Gasteiger partial charge in [0.05, 0.1) is 23.4 Å². The number of hydrogen-bond acceptors (Lipinski definition) is 4. The van der Waals surface area contributed by atoms with Gasteiger partial charge in [-0.3, -0.25) is 4.68 Å². The second-order valence-corrected chi connectivity index (χ2v) is 6.24. The number of alkyl halides is 3. The van der Waals surface area contributed by atoms with E-state index in [1.54, 1.807) is 24.0 Å². The fourth-order valence-corrected chi connectivity index (χ4v) is 3.34. The van der Waals surface area contributed by atoms with E-state index < -0.39 is 17.3 Å². The first-order valence-electron chi connectivity index (χ1n) is 7.79. The lowest BCUT2D eigenvalue weighted by Crippen LogP contribution is -2.21. The molecule has 8 heteroatoms. The third-order valence-electron chi connectivity index (χ3n) is 4.62. The Hall–Kier alpha value is -2.53. The number of nitriles is 1. The quantitative estimate of drug-likeness (QED) is 0.924. The molecule has 2 aromatic rings. The molecule has 1 aliphatic rings. The van der Waals surface area contributed by atoms with Crippen LogP contribution in [-0.2, 0) is 13.2 Å². The van der Waals surface area contributed by atoms with Gasteiger partial charge in [0.25, 0.3) is 0 Å². The average Bonchev–Trinajstić information content (AvgIpc) is 3.19. The average molecular weight is 350 g/mol.